The number of carbonyl (C=O) groups is 1. The quantitative estimate of drug-likeness (QED) is 0.667. The SMILES string of the molecule is COCCc1ccc(OCC(O)CN2CCC(N3CCCNC3=O)CC2)cc1. The number of amides is 2. The minimum atomic E-state index is -0.525. The van der Waals surface area contributed by atoms with Crippen LogP contribution in [0.15, 0.2) is 24.3 Å². The molecule has 1 unspecified atom stereocenters. The standard InChI is InChI=1S/C21H33N3O4/c1-27-14-9-17-3-5-20(6-4-17)28-16-19(25)15-23-12-7-18(8-13-23)24-11-2-10-22-21(24)26/h3-6,18-19,25H,2,7-16H2,1H3,(H,22,26). The van der Waals surface area contributed by atoms with Crippen molar-refractivity contribution in [3.8, 4) is 5.75 Å². The first-order chi connectivity index (χ1) is 13.7. The number of ether oxygens (including phenoxy) is 2. The number of hydrogen-bond donors (Lipinski definition) is 2. The number of methoxy groups -OCH3 is 1. The molecule has 7 nitrogen and oxygen atoms in total. The number of benzene rings is 1. The number of nitrogens with one attached hydrogen (secondary N) is 1. The molecule has 0 bridgehead atoms. The highest BCUT2D eigenvalue weighted by molar-refractivity contribution is 5.75. The predicted molar refractivity (Wildman–Crippen MR) is 108 cm³/mol. The fourth-order valence-corrected chi connectivity index (χ4v) is 3.93. The first-order valence-electron chi connectivity index (χ1n) is 10.3. The number of hydrogen-bond acceptors (Lipinski definition) is 5. The first kappa shape index (κ1) is 20.9. The van der Waals surface area contributed by atoms with E-state index in [0.29, 0.717) is 19.2 Å². The molecule has 0 aliphatic carbocycles. The molecule has 2 amide bonds. The van der Waals surface area contributed by atoms with Gasteiger partial charge in [-0.05, 0) is 43.4 Å². The lowest BCUT2D eigenvalue weighted by atomic mass is 10.0. The van der Waals surface area contributed by atoms with Crippen molar-refractivity contribution in [2.45, 2.75) is 37.8 Å². The van der Waals surface area contributed by atoms with Crippen LogP contribution in [0.4, 0.5) is 4.79 Å². The maximum absolute atomic E-state index is 12.0. The molecular weight excluding hydrogens is 358 g/mol. The zero-order valence-corrected chi connectivity index (χ0v) is 16.8. The lowest BCUT2D eigenvalue weighted by molar-refractivity contribution is 0.0474. The van der Waals surface area contributed by atoms with Gasteiger partial charge in [-0.15, -0.1) is 0 Å². The van der Waals surface area contributed by atoms with Crippen molar-refractivity contribution in [1.29, 1.82) is 0 Å². The Balaban J connectivity index is 1.35. The van der Waals surface area contributed by atoms with Gasteiger partial charge in [-0.3, -0.25) is 0 Å². The molecule has 2 aliphatic rings. The summed E-state index contributed by atoms with van der Waals surface area (Å²) in [5.41, 5.74) is 1.21. The summed E-state index contributed by atoms with van der Waals surface area (Å²) in [4.78, 5) is 16.2. The van der Waals surface area contributed by atoms with E-state index < -0.39 is 6.10 Å². The van der Waals surface area contributed by atoms with E-state index in [9.17, 15) is 9.90 Å². The smallest absolute Gasteiger partial charge is 0.317 e. The van der Waals surface area contributed by atoms with Crippen molar-refractivity contribution >= 4 is 6.03 Å². The normalized spacial score (nSPS) is 20.1. The summed E-state index contributed by atoms with van der Waals surface area (Å²) in [5.74, 6) is 0.773. The molecule has 2 fully saturated rings. The van der Waals surface area contributed by atoms with Gasteiger partial charge >= 0.3 is 6.03 Å². The number of carbonyl (C=O) groups excluding carboxylic acids is 1. The number of likely N-dealkylation sites (tertiary alicyclic amines) is 1. The summed E-state index contributed by atoms with van der Waals surface area (Å²) >= 11 is 0. The molecule has 7 heteroatoms. The van der Waals surface area contributed by atoms with E-state index in [1.165, 1.54) is 5.56 Å². The lowest BCUT2D eigenvalue weighted by Crippen LogP contribution is -2.54. The Bertz CT molecular complexity index is 602. The average molecular weight is 392 g/mol. The van der Waals surface area contributed by atoms with E-state index in [0.717, 1.165) is 57.6 Å². The lowest BCUT2D eigenvalue weighted by Gasteiger charge is -2.40. The Kier molecular flexibility index (Phi) is 7.94. The van der Waals surface area contributed by atoms with E-state index in [1.54, 1.807) is 7.11 Å². The minimum absolute atomic E-state index is 0.0753. The van der Waals surface area contributed by atoms with E-state index >= 15 is 0 Å². The van der Waals surface area contributed by atoms with E-state index in [1.807, 2.05) is 29.2 Å². The van der Waals surface area contributed by atoms with Gasteiger partial charge in [-0.25, -0.2) is 4.79 Å². The van der Waals surface area contributed by atoms with Crippen LogP contribution in [0.2, 0.25) is 0 Å². The van der Waals surface area contributed by atoms with Gasteiger partial charge < -0.3 is 29.7 Å². The van der Waals surface area contributed by atoms with E-state index in [-0.39, 0.29) is 12.6 Å². The van der Waals surface area contributed by atoms with E-state index in [2.05, 4.69) is 10.2 Å². The van der Waals surface area contributed by atoms with Crippen LogP contribution in [-0.2, 0) is 11.2 Å². The summed E-state index contributed by atoms with van der Waals surface area (Å²) in [6.45, 7) is 5.04. The molecule has 0 saturated carbocycles. The van der Waals surface area contributed by atoms with Crippen molar-refractivity contribution in [3.05, 3.63) is 29.8 Å². The highest BCUT2D eigenvalue weighted by atomic mass is 16.5. The topological polar surface area (TPSA) is 74.3 Å². The summed E-state index contributed by atoms with van der Waals surface area (Å²) < 4.78 is 10.8. The number of aliphatic hydroxyl groups excluding tert-OH is 1. The van der Waals surface area contributed by atoms with Gasteiger partial charge in [-0.1, -0.05) is 12.1 Å². The second-order valence-corrected chi connectivity index (χ2v) is 7.66. The maximum atomic E-state index is 12.0. The van der Waals surface area contributed by atoms with Crippen molar-refractivity contribution < 1.29 is 19.4 Å². The second-order valence-electron chi connectivity index (χ2n) is 7.66. The third kappa shape index (κ3) is 6.09. The molecule has 156 valence electrons. The third-order valence-corrected chi connectivity index (χ3v) is 5.54. The van der Waals surface area contributed by atoms with Crippen LogP contribution in [0.1, 0.15) is 24.8 Å². The zero-order valence-electron chi connectivity index (χ0n) is 16.8. The predicted octanol–water partition coefficient (Wildman–Crippen LogP) is 1.49. The Hall–Kier alpha value is -1.83. The highest BCUT2D eigenvalue weighted by Gasteiger charge is 2.29. The van der Waals surface area contributed by atoms with Gasteiger partial charge in [0.15, 0.2) is 0 Å². The molecule has 3 rings (SSSR count). The number of piperidine rings is 1. The van der Waals surface area contributed by atoms with Crippen LogP contribution >= 0.6 is 0 Å². The van der Waals surface area contributed by atoms with Crippen molar-refractivity contribution in [1.82, 2.24) is 15.1 Å². The largest absolute Gasteiger partial charge is 0.491 e. The third-order valence-electron chi connectivity index (χ3n) is 5.54. The number of urea groups is 1. The van der Waals surface area contributed by atoms with Crippen LogP contribution in [0.3, 0.4) is 0 Å². The Morgan fingerprint density at radius 3 is 2.64 bits per heavy atom. The minimum Gasteiger partial charge on any atom is -0.491 e. The monoisotopic (exact) mass is 391 g/mol. The molecule has 0 aromatic heterocycles. The van der Waals surface area contributed by atoms with Crippen LogP contribution in [0, 0.1) is 0 Å². The Morgan fingerprint density at radius 1 is 1.21 bits per heavy atom. The van der Waals surface area contributed by atoms with Crippen LogP contribution in [-0.4, -0.2) is 86.1 Å². The molecule has 2 aliphatic heterocycles. The fourth-order valence-electron chi connectivity index (χ4n) is 3.93. The highest BCUT2D eigenvalue weighted by Crippen LogP contribution is 2.19. The van der Waals surface area contributed by atoms with Gasteiger partial charge in [0, 0.05) is 45.9 Å². The van der Waals surface area contributed by atoms with Crippen molar-refractivity contribution in [3.63, 3.8) is 0 Å². The van der Waals surface area contributed by atoms with Crippen molar-refractivity contribution in [2.75, 3.05) is 53.0 Å². The second kappa shape index (κ2) is 10.6. The molecule has 28 heavy (non-hydrogen) atoms. The molecule has 1 aromatic carbocycles. The van der Waals surface area contributed by atoms with Gasteiger partial charge in [0.1, 0.15) is 18.5 Å². The van der Waals surface area contributed by atoms with E-state index in [4.69, 9.17) is 9.47 Å². The average Bonchev–Trinajstić information content (AvgIpc) is 2.72. The van der Waals surface area contributed by atoms with Crippen LogP contribution < -0.4 is 10.1 Å². The fraction of sp³-hybridized carbons (Fsp3) is 0.667. The van der Waals surface area contributed by atoms with Crippen LogP contribution in [0.25, 0.3) is 0 Å². The molecule has 0 spiro atoms. The molecule has 2 saturated heterocycles. The van der Waals surface area contributed by atoms with Crippen LogP contribution in [0.5, 0.6) is 5.75 Å². The summed E-state index contributed by atoms with van der Waals surface area (Å²) in [5, 5.41) is 13.3. The number of nitrogens with zero attached hydrogens (tertiary/aromatic N) is 2. The Labute approximate surface area is 167 Å². The number of β-amino-alcohol motifs (C(OH)–C–C–N with tert-alkyl or cyclic N) is 1. The van der Waals surface area contributed by atoms with Gasteiger partial charge in [0.2, 0.25) is 0 Å². The number of aliphatic hydroxyl groups is 1. The molecule has 2 N–H and O–H groups in total. The molecule has 1 atom stereocenters. The summed E-state index contributed by atoms with van der Waals surface area (Å²) in [7, 11) is 1.70. The molecular formula is C21H33N3O4. The van der Waals surface area contributed by atoms with Crippen molar-refractivity contribution in [2.24, 2.45) is 0 Å². The summed E-state index contributed by atoms with van der Waals surface area (Å²) in [6, 6.07) is 8.33. The maximum Gasteiger partial charge on any atom is 0.317 e. The van der Waals surface area contributed by atoms with Gasteiger partial charge in [0.05, 0.1) is 6.61 Å². The Morgan fingerprint density at radius 2 is 1.96 bits per heavy atom. The first-order valence-corrected chi connectivity index (χ1v) is 10.3. The molecule has 2 heterocycles. The zero-order chi connectivity index (χ0) is 19.8. The summed E-state index contributed by atoms with van der Waals surface area (Å²) in [6.07, 6.45) is 3.31. The molecule has 1 aromatic rings. The van der Waals surface area contributed by atoms with Gasteiger partial charge in [-0.2, -0.15) is 0 Å². The molecule has 0 radical (unpaired) electrons. The van der Waals surface area contributed by atoms with Gasteiger partial charge in [0.25, 0.3) is 0 Å². The number of rotatable bonds is 9.